The number of halogens is 2. The van der Waals surface area contributed by atoms with Crippen LogP contribution in [0, 0.1) is 11.6 Å². The summed E-state index contributed by atoms with van der Waals surface area (Å²) in [6.07, 6.45) is 2.28. The van der Waals surface area contributed by atoms with Gasteiger partial charge in [0.05, 0.1) is 12.7 Å². The van der Waals surface area contributed by atoms with Crippen LogP contribution in [0.3, 0.4) is 0 Å². The van der Waals surface area contributed by atoms with Crippen molar-refractivity contribution in [3.8, 4) is 17.0 Å². The Kier molecular flexibility index (Phi) is 3.88. The lowest BCUT2D eigenvalue weighted by atomic mass is 10.1. The van der Waals surface area contributed by atoms with Crippen molar-refractivity contribution < 1.29 is 23.4 Å². The van der Waals surface area contributed by atoms with E-state index in [-0.39, 0.29) is 5.78 Å². The third kappa shape index (κ3) is 2.79. The second-order valence-corrected chi connectivity index (χ2v) is 6.09. The fraction of sp³-hybridized carbons (Fsp3) is 0.100. The molecule has 1 aromatic heterocycles. The molecule has 0 radical (unpaired) electrons. The van der Waals surface area contributed by atoms with Crippen molar-refractivity contribution in [2.45, 2.75) is 6.42 Å². The van der Waals surface area contributed by atoms with Crippen LogP contribution >= 0.6 is 0 Å². The number of hydrogen-bond donors (Lipinski definition) is 1. The predicted molar refractivity (Wildman–Crippen MR) is 91.7 cm³/mol. The van der Waals surface area contributed by atoms with Crippen molar-refractivity contribution in [3.05, 3.63) is 76.5 Å². The van der Waals surface area contributed by atoms with Gasteiger partial charge < -0.3 is 4.74 Å². The minimum Gasteiger partial charge on any atom is -0.497 e. The van der Waals surface area contributed by atoms with Gasteiger partial charge in [-0.05, 0) is 48.0 Å². The van der Waals surface area contributed by atoms with Gasteiger partial charge in [0, 0.05) is 23.6 Å². The normalized spacial score (nSPS) is 14.7. The number of Topliss-reactive ketones (excluding diaryl/α,β-unsaturated/α-hetero) is 1. The predicted octanol–water partition coefficient (Wildman–Crippen LogP) is 3.61. The summed E-state index contributed by atoms with van der Waals surface area (Å²) in [6, 6.07) is 10.8. The number of ketones is 1. The maximum Gasteiger partial charge on any atom is 0.236 e. The molecule has 4 rings (SSSR count). The number of H-pyrrole nitrogens is 2. The maximum atomic E-state index is 13.4. The molecule has 1 aliphatic carbocycles. The molecule has 2 aromatic carbocycles. The summed E-state index contributed by atoms with van der Waals surface area (Å²) in [4.78, 5) is 12.5. The molecule has 0 atom stereocenters. The minimum absolute atomic E-state index is 0.0216. The highest BCUT2D eigenvalue weighted by atomic mass is 19.2. The van der Waals surface area contributed by atoms with Crippen molar-refractivity contribution >= 4 is 11.9 Å². The summed E-state index contributed by atoms with van der Waals surface area (Å²) < 4.78 is 31.7. The number of carbonyl (C=O) groups excluding carboxylic acids is 1. The number of aromatic amines is 2. The van der Waals surface area contributed by atoms with Crippen LogP contribution in [0.1, 0.15) is 21.6 Å². The molecule has 130 valence electrons. The molecular weight excluding hydrogens is 338 g/mol. The van der Waals surface area contributed by atoms with E-state index >= 15 is 0 Å². The maximum absolute atomic E-state index is 13.4. The molecule has 0 fully saturated rings. The number of carbonyl (C=O) groups is 1. The first-order valence-corrected chi connectivity index (χ1v) is 8.03. The Bertz CT molecular complexity index is 1050. The van der Waals surface area contributed by atoms with E-state index in [0.717, 1.165) is 17.7 Å². The van der Waals surface area contributed by atoms with Crippen molar-refractivity contribution in [3.63, 3.8) is 0 Å². The lowest BCUT2D eigenvalue weighted by Gasteiger charge is -2.01. The lowest BCUT2D eigenvalue weighted by molar-refractivity contribution is -0.437. The zero-order chi connectivity index (χ0) is 18.3. The van der Waals surface area contributed by atoms with E-state index in [1.807, 2.05) is 6.07 Å². The Labute approximate surface area is 148 Å². The molecular formula is C20H15F2N2O2+. The molecule has 4 nitrogen and oxygen atoms in total. The Morgan fingerprint density at radius 3 is 2.73 bits per heavy atom. The van der Waals surface area contributed by atoms with E-state index in [4.69, 9.17) is 4.74 Å². The summed E-state index contributed by atoms with van der Waals surface area (Å²) in [6.45, 7) is 0. The first-order valence-electron chi connectivity index (χ1n) is 8.03. The van der Waals surface area contributed by atoms with E-state index in [1.54, 1.807) is 31.4 Å². The molecule has 26 heavy (non-hydrogen) atoms. The van der Waals surface area contributed by atoms with Crippen LogP contribution in [0.5, 0.6) is 5.75 Å². The van der Waals surface area contributed by atoms with Gasteiger partial charge in [0.1, 0.15) is 11.4 Å². The standard InChI is InChI=1S/C20H14F2N2O2/c1-26-15-3-4-16-12(8-15)6-13(20(16)25)7-14-10-19(24-23-14)11-2-5-17(21)18(22)9-11/h2-5,7-10H,6H2,1H3,(H,23,24)/p+1/b13-7+. The van der Waals surface area contributed by atoms with Gasteiger partial charge in [-0.1, -0.05) is 0 Å². The van der Waals surface area contributed by atoms with Gasteiger partial charge >= 0.3 is 0 Å². The topological polar surface area (TPSA) is 56.2 Å². The summed E-state index contributed by atoms with van der Waals surface area (Å²) in [5, 5.41) is 5.85. The van der Waals surface area contributed by atoms with Gasteiger partial charge in [-0.3, -0.25) is 4.79 Å². The molecule has 0 spiro atoms. The molecule has 0 saturated heterocycles. The van der Waals surface area contributed by atoms with Gasteiger partial charge in [-0.15, -0.1) is 5.10 Å². The Morgan fingerprint density at radius 2 is 1.96 bits per heavy atom. The van der Waals surface area contributed by atoms with Crippen LogP contribution in [0.15, 0.2) is 48.0 Å². The third-order valence-electron chi connectivity index (χ3n) is 4.43. The molecule has 2 N–H and O–H groups in total. The molecule has 0 amide bonds. The van der Waals surface area contributed by atoms with E-state index in [1.165, 1.54) is 6.07 Å². The van der Waals surface area contributed by atoms with Crippen LogP contribution in [-0.2, 0) is 6.42 Å². The van der Waals surface area contributed by atoms with Gasteiger partial charge in [0.2, 0.25) is 5.69 Å². The van der Waals surface area contributed by atoms with Gasteiger partial charge in [0.15, 0.2) is 17.4 Å². The number of hydrogen-bond acceptors (Lipinski definition) is 2. The fourth-order valence-electron chi connectivity index (χ4n) is 3.09. The number of nitrogens with one attached hydrogen (secondary N) is 2. The quantitative estimate of drug-likeness (QED) is 0.732. The van der Waals surface area contributed by atoms with E-state index in [9.17, 15) is 13.6 Å². The summed E-state index contributed by atoms with van der Waals surface area (Å²) in [5.74, 6) is -1.11. The molecule has 0 unspecified atom stereocenters. The summed E-state index contributed by atoms with van der Waals surface area (Å²) >= 11 is 0. The molecule has 0 saturated carbocycles. The number of methoxy groups -OCH3 is 1. The molecule has 0 aliphatic heterocycles. The van der Waals surface area contributed by atoms with Crippen LogP contribution < -0.4 is 9.84 Å². The lowest BCUT2D eigenvalue weighted by Crippen LogP contribution is -2.05. The van der Waals surface area contributed by atoms with Gasteiger partial charge in [-0.2, -0.15) is 5.10 Å². The largest absolute Gasteiger partial charge is 0.497 e. The average Bonchev–Trinajstić information content (AvgIpc) is 3.22. The van der Waals surface area contributed by atoms with Crippen molar-refractivity contribution in [2.75, 3.05) is 7.11 Å². The van der Waals surface area contributed by atoms with Crippen LogP contribution in [0.25, 0.3) is 17.3 Å². The second-order valence-electron chi connectivity index (χ2n) is 6.09. The molecule has 0 bridgehead atoms. The van der Waals surface area contributed by atoms with Crippen LogP contribution in [0.4, 0.5) is 8.78 Å². The third-order valence-corrected chi connectivity index (χ3v) is 4.43. The monoisotopic (exact) mass is 353 g/mol. The van der Waals surface area contributed by atoms with E-state index < -0.39 is 11.6 Å². The number of fused-ring (bicyclic) bond motifs is 1. The highest BCUT2D eigenvalue weighted by molar-refractivity contribution is 6.15. The highest BCUT2D eigenvalue weighted by Crippen LogP contribution is 2.30. The second kappa shape index (κ2) is 6.22. The first kappa shape index (κ1) is 16.2. The number of rotatable bonds is 3. The summed E-state index contributed by atoms with van der Waals surface area (Å²) in [5.41, 5.74) is 4.04. The van der Waals surface area contributed by atoms with Gasteiger partial charge in [0.25, 0.3) is 0 Å². The van der Waals surface area contributed by atoms with Crippen LogP contribution in [0.2, 0.25) is 0 Å². The van der Waals surface area contributed by atoms with E-state index in [2.05, 4.69) is 10.2 Å². The van der Waals surface area contributed by atoms with Crippen molar-refractivity contribution in [1.82, 2.24) is 5.10 Å². The Hall–Kier alpha value is -3.28. The number of aromatic nitrogens is 2. The average molecular weight is 353 g/mol. The molecule has 6 heteroatoms. The van der Waals surface area contributed by atoms with Crippen LogP contribution in [-0.4, -0.2) is 18.0 Å². The van der Waals surface area contributed by atoms with Crippen molar-refractivity contribution in [2.24, 2.45) is 0 Å². The summed E-state index contributed by atoms with van der Waals surface area (Å²) in [7, 11) is 1.59. The number of allylic oxidation sites excluding steroid dienone is 1. The van der Waals surface area contributed by atoms with Crippen molar-refractivity contribution in [1.29, 1.82) is 0 Å². The smallest absolute Gasteiger partial charge is 0.236 e. The highest BCUT2D eigenvalue weighted by Gasteiger charge is 2.25. The molecule has 1 aliphatic rings. The van der Waals surface area contributed by atoms with E-state index in [0.29, 0.717) is 40.3 Å². The zero-order valence-corrected chi connectivity index (χ0v) is 13.9. The minimum atomic E-state index is -0.910. The zero-order valence-electron chi connectivity index (χ0n) is 13.9. The fourth-order valence-corrected chi connectivity index (χ4v) is 3.09. The first-order chi connectivity index (χ1) is 12.5. The number of ether oxygens (including phenoxy) is 1. The van der Waals surface area contributed by atoms with Gasteiger partial charge in [-0.25, -0.2) is 8.78 Å². The molecule has 3 aromatic rings. The SMILES string of the molecule is COc1ccc2c(c1)C/C(=C\c1cc(-c3ccc(F)c(F)c3)[nH+][nH]1)C2=O. The Morgan fingerprint density at radius 1 is 1.12 bits per heavy atom. The Balaban J connectivity index is 1.63. The molecule has 1 heterocycles. The number of benzene rings is 2.